The van der Waals surface area contributed by atoms with Gasteiger partial charge in [0.2, 0.25) is 6.79 Å². The zero-order valence-corrected chi connectivity index (χ0v) is 21.5. The first kappa shape index (κ1) is 26.7. The molecule has 0 saturated carbocycles. The zero-order valence-electron chi connectivity index (χ0n) is 21.5. The number of fused-ring (bicyclic) bond motifs is 1. The van der Waals surface area contributed by atoms with Gasteiger partial charge in [0.05, 0.1) is 12.5 Å². The van der Waals surface area contributed by atoms with Crippen LogP contribution in [-0.2, 0) is 9.59 Å². The van der Waals surface area contributed by atoms with Crippen molar-refractivity contribution < 1.29 is 33.0 Å². The monoisotopic (exact) mass is 549 g/mol. The third-order valence-electron chi connectivity index (χ3n) is 5.64. The molecule has 2 N–H and O–H groups in total. The second kappa shape index (κ2) is 12.8. The van der Waals surface area contributed by atoms with Crippen molar-refractivity contribution in [3.63, 3.8) is 0 Å². The van der Waals surface area contributed by atoms with Gasteiger partial charge in [-0.2, -0.15) is 5.10 Å². The highest BCUT2D eigenvalue weighted by atomic mass is 16.7. The molecule has 1 aliphatic rings. The minimum atomic E-state index is -0.642. The van der Waals surface area contributed by atoms with Gasteiger partial charge in [-0.1, -0.05) is 24.3 Å². The lowest BCUT2D eigenvalue weighted by Crippen LogP contribution is -2.32. The Hall–Kier alpha value is -5.90. The van der Waals surface area contributed by atoms with Crippen molar-refractivity contribution in [3.05, 3.63) is 125 Å². The molecule has 2 heterocycles. The van der Waals surface area contributed by atoms with Crippen molar-refractivity contribution in [2.24, 2.45) is 5.10 Å². The highest BCUT2D eigenvalue weighted by Crippen LogP contribution is 2.33. The third-order valence-corrected chi connectivity index (χ3v) is 5.64. The fourth-order valence-corrected chi connectivity index (χ4v) is 3.65. The molecular weight excluding hydrogens is 526 g/mol. The molecule has 10 nitrogen and oxygen atoms in total. The van der Waals surface area contributed by atoms with Crippen LogP contribution in [0.4, 0.5) is 0 Å². The number of esters is 1. The topological polar surface area (TPSA) is 128 Å². The summed E-state index contributed by atoms with van der Waals surface area (Å²) < 4.78 is 21.1. The van der Waals surface area contributed by atoms with Crippen LogP contribution in [0.5, 0.6) is 17.2 Å². The molecule has 0 aliphatic carbocycles. The van der Waals surface area contributed by atoms with Crippen LogP contribution in [0.1, 0.15) is 27.2 Å². The molecule has 0 fully saturated rings. The summed E-state index contributed by atoms with van der Waals surface area (Å²) in [5, 5.41) is 6.65. The summed E-state index contributed by atoms with van der Waals surface area (Å²) in [5.41, 5.74) is 4.03. The summed E-state index contributed by atoms with van der Waals surface area (Å²) in [5.74, 6) is 0.333. The Balaban J connectivity index is 1.23. The van der Waals surface area contributed by atoms with Gasteiger partial charge in [-0.3, -0.25) is 9.59 Å². The van der Waals surface area contributed by atoms with E-state index in [1.165, 1.54) is 30.7 Å². The Labute approximate surface area is 234 Å². The maximum Gasteiger partial charge on any atom is 0.336 e. The number of hydrogen-bond acceptors (Lipinski definition) is 8. The molecule has 0 unspecified atom stereocenters. The first-order chi connectivity index (χ1) is 20.0. The molecule has 0 radical (unpaired) electrons. The molecule has 0 spiro atoms. The third kappa shape index (κ3) is 7.36. The van der Waals surface area contributed by atoms with Crippen LogP contribution in [0.2, 0.25) is 0 Å². The van der Waals surface area contributed by atoms with Crippen LogP contribution in [0.15, 0.2) is 112 Å². The number of benzene rings is 3. The Morgan fingerprint density at radius 2 is 1.63 bits per heavy atom. The molecule has 204 valence electrons. The smallest absolute Gasteiger partial charge is 0.336 e. The minimum Gasteiger partial charge on any atom is -0.465 e. The largest absolute Gasteiger partial charge is 0.465 e. The van der Waals surface area contributed by atoms with E-state index < -0.39 is 17.8 Å². The Morgan fingerprint density at radius 1 is 0.854 bits per heavy atom. The van der Waals surface area contributed by atoms with Gasteiger partial charge >= 0.3 is 5.97 Å². The standard InChI is InChI=1S/C31H23N3O7/c35-29(15-13-24-7-4-16-38-24)41-25-11-8-21(9-12-25)19-32-34-31(37)26(33-30(36)23-5-2-1-3-6-23)17-22-10-14-27-28(18-22)40-20-39-27/h1-19H,20H2,(H,33,36)(H,34,37)/b15-13+,26-17-,32-19-. The Morgan fingerprint density at radius 3 is 2.41 bits per heavy atom. The summed E-state index contributed by atoms with van der Waals surface area (Å²) in [4.78, 5) is 37.8. The van der Waals surface area contributed by atoms with E-state index in [4.69, 9.17) is 18.6 Å². The highest BCUT2D eigenvalue weighted by molar-refractivity contribution is 6.05. The fraction of sp³-hybridized carbons (Fsp3) is 0.0323. The van der Waals surface area contributed by atoms with E-state index in [9.17, 15) is 14.4 Å². The number of furan rings is 1. The van der Waals surface area contributed by atoms with E-state index in [0.717, 1.165) is 0 Å². The molecule has 4 aromatic rings. The second-order valence-corrected chi connectivity index (χ2v) is 8.53. The van der Waals surface area contributed by atoms with E-state index in [0.29, 0.717) is 39.7 Å². The van der Waals surface area contributed by atoms with Gasteiger partial charge in [0.15, 0.2) is 11.5 Å². The van der Waals surface area contributed by atoms with Gasteiger partial charge in [-0.05, 0) is 83.9 Å². The molecule has 41 heavy (non-hydrogen) atoms. The van der Waals surface area contributed by atoms with Crippen LogP contribution in [-0.4, -0.2) is 30.8 Å². The summed E-state index contributed by atoms with van der Waals surface area (Å²) >= 11 is 0. The summed E-state index contributed by atoms with van der Waals surface area (Å²) in [6, 6.07) is 23.6. The molecule has 10 heteroatoms. The quantitative estimate of drug-likeness (QED) is 0.103. The van der Waals surface area contributed by atoms with E-state index in [2.05, 4.69) is 15.8 Å². The lowest BCUT2D eigenvalue weighted by molar-refractivity contribution is -0.129. The van der Waals surface area contributed by atoms with Gasteiger partial charge in [0.25, 0.3) is 11.8 Å². The lowest BCUT2D eigenvalue weighted by Gasteiger charge is -2.09. The number of rotatable bonds is 9. The van der Waals surface area contributed by atoms with Crippen LogP contribution in [0.3, 0.4) is 0 Å². The first-order valence-corrected chi connectivity index (χ1v) is 12.4. The van der Waals surface area contributed by atoms with Crippen LogP contribution < -0.4 is 25.0 Å². The van der Waals surface area contributed by atoms with E-state index in [-0.39, 0.29) is 12.5 Å². The van der Waals surface area contributed by atoms with Crippen molar-refractivity contribution in [2.45, 2.75) is 0 Å². The summed E-state index contributed by atoms with van der Waals surface area (Å²) in [7, 11) is 0. The number of hydrogen-bond donors (Lipinski definition) is 2. The van der Waals surface area contributed by atoms with Crippen LogP contribution in [0.25, 0.3) is 12.2 Å². The van der Waals surface area contributed by atoms with Crippen LogP contribution >= 0.6 is 0 Å². The number of nitrogens with one attached hydrogen (secondary N) is 2. The first-order valence-electron chi connectivity index (χ1n) is 12.4. The Bertz CT molecular complexity index is 1620. The normalized spacial score (nSPS) is 12.4. The highest BCUT2D eigenvalue weighted by Gasteiger charge is 2.17. The fourth-order valence-electron chi connectivity index (χ4n) is 3.65. The molecule has 0 bridgehead atoms. The van der Waals surface area contributed by atoms with E-state index in [1.54, 1.807) is 84.9 Å². The van der Waals surface area contributed by atoms with Crippen molar-refractivity contribution in [1.29, 1.82) is 0 Å². The number of hydrazone groups is 1. The van der Waals surface area contributed by atoms with Crippen molar-refractivity contribution in [2.75, 3.05) is 6.79 Å². The number of nitrogens with zero attached hydrogens (tertiary/aromatic N) is 1. The predicted octanol–water partition coefficient (Wildman–Crippen LogP) is 4.55. The average Bonchev–Trinajstić information content (AvgIpc) is 3.69. The molecule has 5 rings (SSSR count). The maximum atomic E-state index is 13.0. The second-order valence-electron chi connectivity index (χ2n) is 8.53. The zero-order chi connectivity index (χ0) is 28.4. The molecule has 0 saturated heterocycles. The summed E-state index contributed by atoms with van der Waals surface area (Å²) in [6.45, 7) is 0.113. The number of ether oxygens (including phenoxy) is 3. The number of carbonyl (C=O) groups is 3. The molecule has 1 aliphatic heterocycles. The predicted molar refractivity (Wildman–Crippen MR) is 150 cm³/mol. The average molecular weight is 550 g/mol. The van der Waals surface area contributed by atoms with Gasteiger partial charge in [0.1, 0.15) is 17.2 Å². The molecule has 0 atom stereocenters. The van der Waals surface area contributed by atoms with Gasteiger partial charge in [0, 0.05) is 11.6 Å². The van der Waals surface area contributed by atoms with Gasteiger partial charge in [-0.15, -0.1) is 0 Å². The van der Waals surface area contributed by atoms with Crippen molar-refractivity contribution in [3.8, 4) is 17.2 Å². The minimum absolute atomic E-state index is 0.0280. The number of amides is 2. The Kier molecular flexibility index (Phi) is 8.31. The van der Waals surface area contributed by atoms with Crippen molar-refractivity contribution >= 4 is 36.2 Å². The van der Waals surface area contributed by atoms with Gasteiger partial charge < -0.3 is 23.9 Å². The van der Waals surface area contributed by atoms with Gasteiger partial charge in [-0.25, -0.2) is 10.2 Å². The van der Waals surface area contributed by atoms with Crippen LogP contribution in [0, 0.1) is 0 Å². The van der Waals surface area contributed by atoms with Crippen molar-refractivity contribution in [1.82, 2.24) is 10.7 Å². The lowest BCUT2D eigenvalue weighted by atomic mass is 10.1. The molecule has 2 amide bonds. The molecular formula is C31H23N3O7. The number of carbonyl (C=O) groups excluding carboxylic acids is 3. The van der Waals surface area contributed by atoms with E-state index >= 15 is 0 Å². The molecule has 3 aromatic carbocycles. The molecule has 1 aromatic heterocycles. The van der Waals surface area contributed by atoms with E-state index in [1.807, 2.05) is 0 Å². The summed E-state index contributed by atoms with van der Waals surface area (Å²) in [6.07, 6.45) is 7.19. The SMILES string of the molecule is O=C(/C=C/c1ccco1)Oc1ccc(/C=N\NC(=O)/C(=C/c2ccc3c(c2)OCO3)NC(=O)c2ccccc2)cc1. The maximum absolute atomic E-state index is 13.0.